The van der Waals surface area contributed by atoms with Gasteiger partial charge in [0, 0.05) is 6.54 Å². The van der Waals surface area contributed by atoms with Gasteiger partial charge in [0.1, 0.15) is 5.60 Å². The first kappa shape index (κ1) is 17.0. The Bertz CT molecular complexity index is 241. The Hall–Kier alpha value is -0.990. The molecule has 0 saturated carbocycles. The van der Waals surface area contributed by atoms with E-state index in [4.69, 9.17) is 4.74 Å². The van der Waals surface area contributed by atoms with Crippen molar-refractivity contribution in [1.82, 2.24) is 5.32 Å². The van der Waals surface area contributed by atoms with E-state index in [1.807, 2.05) is 26.8 Å². The van der Waals surface area contributed by atoms with Crippen LogP contribution in [0.15, 0.2) is 12.2 Å². The molecule has 0 aliphatic heterocycles. The number of rotatable bonds is 8. The molecule has 0 atom stereocenters. The van der Waals surface area contributed by atoms with Gasteiger partial charge < -0.3 is 10.1 Å². The number of ether oxygens (including phenoxy) is 1. The molecule has 0 unspecified atom stereocenters. The second-order valence-electron chi connectivity index (χ2n) is 5.56. The highest BCUT2D eigenvalue weighted by molar-refractivity contribution is 5.67. The summed E-state index contributed by atoms with van der Waals surface area (Å²) in [5, 5.41) is 2.70. The van der Waals surface area contributed by atoms with Gasteiger partial charge in [0.2, 0.25) is 0 Å². The minimum absolute atomic E-state index is 0.352. The third-order valence-electron chi connectivity index (χ3n) is 2.40. The number of hydrogen-bond donors (Lipinski definition) is 1. The molecule has 0 saturated heterocycles. The lowest BCUT2D eigenvalue weighted by atomic mass is 10.1. The van der Waals surface area contributed by atoms with Crippen molar-refractivity contribution in [3.63, 3.8) is 0 Å². The van der Waals surface area contributed by atoms with Crippen molar-refractivity contribution in [2.24, 2.45) is 0 Å². The molecule has 3 heteroatoms. The maximum absolute atomic E-state index is 11.3. The first-order chi connectivity index (χ1) is 8.45. The number of nitrogens with one attached hydrogen (secondary N) is 1. The highest BCUT2D eigenvalue weighted by atomic mass is 16.6. The SMILES string of the molecule is CCCCCCC/C=C/CNC(=O)OC(C)(C)C. The van der Waals surface area contributed by atoms with E-state index in [9.17, 15) is 4.79 Å². The summed E-state index contributed by atoms with van der Waals surface area (Å²) in [6, 6.07) is 0. The second-order valence-corrected chi connectivity index (χ2v) is 5.56. The first-order valence-corrected chi connectivity index (χ1v) is 7.07. The Morgan fingerprint density at radius 3 is 2.39 bits per heavy atom. The van der Waals surface area contributed by atoms with Crippen LogP contribution in [0.2, 0.25) is 0 Å². The molecule has 3 nitrogen and oxygen atoms in total. The smallest absolute Gasteiger partial charge is 0.407 e. The molecule has 1 N–H and O–H groups in total. The molecule has 0 heterocycles. The highest BCUT2D eigenvalue weighted by Gasteiger charge is 2.14. The van der Waals surface area contributed by atoms with E-state index < -0.39 is 5.60 Å². The molecule has 0 radical (unpaired) electrons. The molecule has 0 spiro atoms. The van der Waals surface area contributed by atoms with E-state index >= 15 is 0 Å². The van der Waals surface area contributed by atoms with Crippen molar-refractivity contribution in [1.29, 1.82) is 0 Å². The molecule has 0 aromatic heterocycles. The van der Waals surface area contributed by atoms with Gasteiger partial charge in [-0.25, -0.2) is 4.79 Å². The maximum Gasteiger partial charge on any atom is 0.407 e. The third-order valence-corrected chi connectivity index (χ3v) is 2.40. The van der Waals surface area contributed by atoms with E-state index in [1.54, 1.807) is 0 Å². The highest BCUT2D eigenvalue weighted by Crippen LogP contribution is 2.06. The van der Waals surface area contributed by atoms with Crippen LogP contribution < -0.4 is 5.32 Å². The predicted molar refractivity (Wildman–Crippen MR) is 76.8 cm³/mol. The minimum atomic E-state index is -0.424. The van der Waals surface area contributed by atoms with Crippen molar-refractivity contribution >= 4 is 6.09 Å². The largest absolute Gasteiger partial charge is 0.444 e. The van der Waals surface area contributed by atoms with Crippen LogP contribution in [0.25, 0.3) is 0 Å². The Balaban J connectivity index is 3.40. The number of carbonyl (C=O) groups excluding carboxylic acids is 1. The van der Waals surface area contributed by atoms with Crippen molar-refractivity contribution < 1.29 is 9.53 Å². The molecule has 18 heavy (non-hydrogen) atoms. The number of hydrogen-bond acceptors (Lipinski definition) is 2. The van der Waals surface area contributed by atoms with Gasteiger partial charge in [0.05, 0.1) is 0 Å². The number of allylic oxidation sites excluding steroid dienone is 1. The average molecular weight is 255 g/mol. The number of unbranched alkanes of at least 4 members (excludes halogenated alkanes) is 5. The standard InChI is InChI=1S/C15H29NO2/c1-5-6-7-8-9-10-11-12-13-16-14(17)18-15(2,3)4/h11-12H,5-10,13H2,1-4H3,(H,16,17)/b12-11+. The van der Waals surface area contributed by atoms with Gasteiger partial charge in [-0.3, -0.25) is 0 Å². The van der Waals surface area contributed by atoms with Gasteiger partial charge in [-0.2, -0.15) is 0 Å². The summed E-state index contributed by atoms with van der Waals surface area (Å²) in [5.41, 5.74) is -0.424. The van der Waals surface area contributed by atoms with Crippen LogP contribution in [-0.4, -0.2) is 18.2 Å². The normalized spacial score (nSPS) is 11.8. The fourth-order valence-corrected chi connectivity index (χ4v) is 1.52. The summed E-state index contributed by atoms with van der Waals surface area (Å²) in [6.07, 6.45) is 11.4. The monoisotopic (exact) mass is 255 g/mol. The first-order valence-electron chi connectivity index (χ1n) is 7.07. The topological polar surface area (TPSA) is 38.3 Å². The van der Waals surface area contributed by atoms with Crippen LogP contribution in [0.3, 0.4) is 0 Å². The summed E-state index contributed by atoms with van der Waals surface area (Å²) in [7, 11) is 0. The molecule has 0 aromatic rings. The molecule has 0 aliphatic rings. The fraction of sp³-hybridized carbons (Fsp3) is 0.800. The summed E-state index contributed by atoms with van der Waals surface area (Å²) >= 11 is 0. The average Bonchev–Trinajstić information content (AvgIpc) is 2.24. The Morgan fingerprint density at radius 2 is 1.78 bits per heavy atom. The van der Waals surface area contributed by atoms with E-state index in [1.165, 1.54) is 32.1 Å². The van der Waals surface area contributed by atoms with Crippen LogP contribution in [0.1, 0.15) is 66.2 Å². The number of amides is 1. The molecule has 1 amide bonds. The Kier molecular flexibility index (Phi) is 9.43. The van der Waals surface area contributed by atoms with E-state index in [0.717, 1.165) is 6.42 Å². The predicted octanol–water partition coefficient (Wildman–Crippen LogP) is 4.43. The van der Waals surface area contributed by atoms with Gasteiger partial charge >= 0.3 is 6.09 Å². The van der Waals surface area contributed by atoms with Crippen molar-refractivity contribution in [3.8, 4) is 0 Å². The third kappa shape index (κ3) is 13.1. The van der Waals surface area contributed by atoms with E-state index in [2.05, 4.69) is 18.3 Å². The lowest BCUT2D eigenvalue weighted by Crippen LogP contribution is -2.32. The summed E-state index contributed by atoms with van der Waals surface area (Å²) in [6.45, 7) is 8.35. The summed E-state index contributed by atoms with van der Waals surface area (Å²) in [4.78, 5) is 11.3. The lowest BCUT2D eigenvalue weighted by Gasteiger charge is -2.19. The zero-order chi connectivity index (χ0) is 13.9. The van der Waals surface area contributed by atoms with Crippen LogP contribution in [-0.2, 0) is 4.74 Å². The van der Waals surface area contributed by atoms with Gasteiger partial charge in [-0.05, 0) is 33.6 Å². The van der Waals surface area contributed by atoms with Crippen LogP contribution in [0.5, 0.6) is 0 Å². The van der Waals surface area contributed by atoms with Crippen LogP contribution in [0, 0.1) is 0 Å². The molecular formula is C15H29NO2. The molecule has 0 bridgehead atoms. The molecule has 0 rings (SSSR count). The van der Waals surface area contributed by atoms with E-state index in [0.29, 0.717) is 6.54 Å². The minimum Gasteiger partial charge on any atom is -0.444 e. The van der Waals surface area contributed by atoms with Crippen molar-refractivity contribution in [2.75, 3.05) is 6.54 Å². The second kappa shape index (κ2) is 9.98. The molecule has 0 aromatic carbocycles. The lowest BCUT2D eigenvalue weighted by molar-refractivity contribution is 0.0534. The van der Waals surface area contributed by atoms with Gasteiger partial charge in [-0.1, -0.05) is 44.8 Å². The van der Waals surface area contributed by atoms with Crippen molar-refractivity contribution in [2.45, 2.75) is 71.8 Å². The summed E-state index contributed by atoms with van der Waals surface area (Å²) in [5.74, 6) is 0. The number of carbonyl (C=O) groups is 1. The molecule has 0 aliphatic carbocycles. The quantitative estimate of drug-likeness (QED) is 0.515. The van der Waals surface area contributed by atoms with E-state index in [-0.39, 0.29) is 6.09 Å². The fourth-order valence-electron chi connectivity index (χ4n) is 1.52. The Labute approximate surface area is 112 Å². The van der Waals surface area contributed by atoms with Crippen molar-refractivity contribution in [3.05, 3.63) is 12.2 Å². The molecular weight excluding hydrogens is 226 g/mol. The van der Waals surface area contributed by atoms with Crippen LogP contribution in [0.4, 0.5) is 4.79 Å². The summed E-state index contributed by atoms with van der Waals surface area (Å²) < 4.78 is 5.13. The maximum atomic E-state index is 11.3. The van der Waals surface area contributed by atoms with Gasteiger partial charge in [0.25, 0.3) is 0 Å². The molecule has 0 fully saturated rings. The van der Waals surface area contributed by atoms with Crippen LogP contribution >= 0.6 is 0 Å². The van der Waals surface area contributed by atoms with Gasteiger partial charge in [-0.15, -0.1) is 0 Å². The zero-order valence-electron chi connectivity index (χ0n) is 12.4. The number of alkyl carbamates (subject to hydrolysis) is 1. The Morgan fingerprint density at radius 1 is 1.11 bits per heavy atom. The van der Waals surface area contributed by atoms with Gasteiger partial charge in [0.15, 0.2) is 0 Å². The zero-order valence-corrected chi connectivity index (χ0v) is 12.4. The molecule has 106 valence electrons.